The molecule has 0 radical (unpaired) electrons. The van der Waals surface area contributed by atoms with Crippen molar-refractivity contribution in [3.63, 3.8) is 0 Å². The van der Waals surface area contributed by atoms with Crippen molar-refractivity contribution in [1.82, 2.24) is 9.80 Å². The standard InChI is InChI=1S/C9H20N2.C2H6/c1-5-11-6-8(2)10(4)9(3)7-11;1-2/h8-9H,5-7H2,1-4H3;1-2H3. The van der Waals surface area contributed by atoms with E-state index in [0.29, 0.717) is 0 Å². The van der Waals surface area contributed by atoms with Gasteiger partial charge in [0.15, 0.2) is 0 Å². The van der Waals surface area contributed by atoms with Crippen LogP contribution < -0.4 is 0 Å². The van der Waals surface area contributed by atoms with Crippen LogP contribution in [0.25, 0.3) is 0 Å². The average Bonchev–Trinajstić information content (AvgIpc) is 2.16. The lowest BCUT2D eigenvalue weighted by Gasteiger charge is -2.42. The normalized spacial score (nSPS) is 30.9. The van der Waals surface area contributed by atoms with E-state index in [2.05, 4.69) is 37.6 Å². The van der Waals surface area contributed by atoms with Crippen molar-refractivity contribution in [3.05, 3.63) is 0 Å². The molecule has 1 rings (SSSR count). The lowest BCUT2D eigenvalue weighted by atomic mass is 10.1. The van der Waals surface area contributed by atoms with Gasteiger partial charge in [-0.3, -0.25) is 4.90 Å². The second-order valence-electron chi connectivity index (χ2n) is 3.72. The smallest absolute Gasteiger partial charge is 0.0195 e. The Morgan fingerprint density at radius 1 is 1.08 bits per heavy atom. The molecule has 1 saturated heterocycles. The Kier molecular flexibility index (Phi) is 6.35. The van der Waals surface area contributed by atoms with Crippen molar-refractivity contribution in [1.29, 1.82) is 0 Å². The average molecular weight is 186 g/mol. The molecular weight excluding hydrogens is 160 g/mol. The first-order chi connectivity index (χ1) is 6.15. The predicted octanol–water partition coefficient (Wildman–Crippen LogP) is 2.06. The fraction of sp³-hybridized carbons (Fsp3) is 1.00. The SMILES string of the molecule is CC.CCN1CC(C)N(C)C(C)C1. The Morgan fingerprint density at radius 2 is 1.46 bits per heavy atom. The van der Waals surface area contributed by atoms with Crippen LogP contribution in [-0.2, 0) is 0 Å². The highest BCUT2D eigenvalue weighted by Gasteiger charge is 2.24. The van der Waals surface area contributed by atoms with Gasteiger partial charge in [0.25, 0.3) is 0 Å². The van der Waals surface area contributed by atoms with Crippen LogP contribution in [0.1, 0.15) is 34.6 Å². The lowest BCUT2D eigenvalue weighted by molar-refractivity contribution is 0.0635. The third-order valence-electron chi connectivity index (χ3n) is 2.88. The third-order valence-corrected chi connectivity index (χ3v) is 2.88. The zero-order valence-corrected chi connectivity index (χ0v) is 10.2. The van der Waals surface area contributed by atoms with Crippen molar-refractivity contribution >= 4 is 0 Å². The van der Waals surface area contributed by atoms with E-state index in [0.717, 1.165) is 12.1 Å². The molecule has 0 bridgehead atoms. The van der Waals surface area contributed by atoms with Crippen LogP contribution in [0.15, 0.2) is 0 Å². The highest BCUT2D eigenvalue weighted by molar-refractivity contribution is 4.81. The topological polar surface area (TPSA) is 6.48 Å². The van der Waals surface area contributed by atoms with E-state index in [4.69, 9.17) is 0 Å². The first-order valence-electron chi connectivity index (χ1n) is 5.59. The van der Waals surface area contributed by atoms with Crippen LogP contribution in [-0.4, -0.2) is 48.6 Å². The van der Waals surface area contributed by atoms with Gasteiger partial charge < -0.3 is 4.90 Å². The number of piperazine rings is 1. The van der Waals surface area contributed by atoms with E-state index in [1.54, 1.807) is 0 Å². The summed E-state index contributed by atoms with van der Waals surface area (Å²) in [6.45, 7) is 14.5. The molecule has 0 aromatic rings. The van der Waals surface area contributed by atoms with Gasteiger partial charge in [-0.1, -0.05) is 20.8 Å². The molecule has 0 N–H and O–H groups in total. The minimum atomic E-state index is 0.721. The van der Waals surface area contributed by atoms with Gasteiger partial charge in [-0.2, -0.15) is 0 Å². The molecule has 1 aliphatic rings. The van der Waals surface area contributed by atoms with Crippen molar-refractivity contribution in [2.24, 2.45) is 0 Å². The fourth-order valence-corrected chi connectivity index (χ4v) is 1.77. The summed E-state index contributed by atoms with van der Waals surface area (Å²) >= 11 is 0. The molecule has 2 nitrogen and oxygen atoms in total. The molecule has 80 valence electrons. The monoisotopic (exact) mass is 186 g/mol. The summed E-state index contributed by atoms with van der Waals surface area (Å²) in [6.07, 6.45) is 0. The number of likely N-dealkylation sites (N-methyl/N-ethyl adjacent to an activating group) is 2. The van der Waals surface area contributed by atoms with Gasteiger partial charge in [0, 0.05) is 25.2 Å². The maximum absolute atomic E-state index is 2.52. The molecule has 1 heterocycles. The van der Waals surface area contributed by atoms with E-state index < -0.39 is 0 Å². The predicted molar refractivity (Wildman–Crippen MR) is 60.1 cm³/mol. The second kappa shape index (κ2) is 6.39. The minimum absolute atomic E-state index is 0.721. The number of rotatable bonds is 1. The number of hydrogen-bond acceptors (Lipinski definition) is 2. The van der Waals surface area contributed by atoms with Crippen molar-refractivity contribution in [3.8, 4) is 0 Å². The van der Waals surface area contributed by atoms with Crippen molar-refractivity contribution in [2.75, 3.05) is 26.7 Å². The molecular formula is C11H26N2. The van der Waals surface area contributed by atoms with Gasteiger partial charge in [-0.25, -0.2) is 0 Å². The van der Waals surface area contributed by atoms with Crippen LogP contribution in [0.5, 0.6) is 0 Å². The largest absolute Gasteiger partial charge is 0.301 e. The van der Waals surface area contributed by atoms with E-state index in [9.17, 15) is 0 Å². The van der Waals surface area contributed by atoms with Gasteiger partial charge >= 0.3 is 0 Å². The Balaban J connectivity index is 0.000000671. The molecule has 0 aromatic heterocycles. The van der Waals surface area contributed by atoms with Crippen molar-refractivity contribution < 1.29 is 0 Å². The Labute approximate surface area is 83.9 Å². The van der Waals surface area contributed by atoms with Gasteiger partial charge in [0.2, 0.25) is 0 Å². The maximum atomic E-state index is 2.52. The zero-order chi connectivity index (χ0) is 10.4. The summed E-state index contributed by atoms with van der Waals surface area (Å²) in [5.41, 5.74) is 0. The van der Waals surface area contributed by atoms with E-state index >= 15 is 0 Å². The highest BCUT2D eigenvalue weighted by atomic mass is 15.3. The summed E-state index contributed by atoms with van der Waals surface area (Å²) in [7, 11) is 2.22. The molecule has 0 spiro atoms. The van der Waals surface area contributed by atoms with Crippen LogP contribution in [0, 0.1) is 0 Å². The zero-order valence-electron chi connectivity index (χ0n) is 10.2. The van der Waals surface area contributed by atoms with E-state index in [1.165, 1.54) is 19.6 Å². The van der Waals surface area contributed by atoms with Crippen LogP contribution in [0.2, 0.25) is 0 Å². The van der Waals surface area contributed by atoms with Gasteiger partial charge in [-0.15, -0.1) is 0 Å². The Morgan fingerprint density at radius 3 is 1.77 bits per heavy atom. The van der Waals surface area contributed by atoms with Crippen molar-refractivity contribution in [2.45, 2.75) is 46.7 Å². The molecule has 1 fully saturated rings. The number of nitrogens with zero attached hydrogens (tertiary/aromatic N) is 2. The molecule has 0 aromatic carbocycles. The minimum Gasteiger partial charge on any atom is -0.301 e. The van der Waals surface area contributed by atoms with Crippen LogP contribution in [0.4, 0.5) is 0 Å². The number of hydrogen-bond donors (Lipinski definition) is 0. The summed E-state index contributed by atoms with van der Waals surface area (Å²) in [5, 5.41) is 0. The molecule has 2 heteroatoms. The molecule has 2 unspecified atom stereocenters. The van der Waals surface area contributed by atoms with Crippen LogP contribution in [0.3, 0.4) is 0 Å². The van der Waals surface area contributed by atoms with E-state index in [1.807, 2.05) is 13.8 Å². The quantitative estimate of drug-likeness (QED) is 0.618. The lowest BCUT2D eigenvalue weighted by Crippen LogP contribution is -2.54. The second-order valence-corrected chi connectivity index (χ2v) is 3.72. The van der Waals surface area contributed by atoms with Gasteiger partial charge in [0.1, 0.15) is 0 Å². The highest BCUT2D eigenvalue weighted by Crippen LogP contribution is 2.12. The molecule has 13 heavy (non-hydrogen) atoms. The van der Waals surface area contributed by atoms with Gasteiger partial charge in [-0.05, 0) is 27.4 Å². The maximum Gasteiger partial charge on any atom is 0.0195 e. The molecule has 0 aliphatic carbocycles. The molecule has 1 aliphatic heterocycles. The summed E-state index contributed by atoms with van der Waals surface area (Å²) < 4.78 is 0. The first kappa shape index (κ1) is 12.9. The summed E-state index contributed by atoms with van der Waals surface area (Å²) in [6, 6.07) is 1.44. The Bertz CT molecular complexity index is 113. The fourth-order valence-electron chi connectivity index (χ4n) is 1.77. The van der Waals surface area contributed by atoms with Crippen LogP contribution >= 0.6 is 0 Å². The van der Waals surface area contributed by atoms with E-state index in [-0.39, 0.29) is 0 Å². The summed E-state index contributed by atoms with van der Waals surface area (Å²) in [5.74, 6) is 0. The molecule has 0 saturated carbocycles. The third kappa shape index (κ3) is 3.65. The summed E-state index contributed by atoms with van der Waals surface area (Å²) in [4.78, 5) is 4.99. The first-order valence-corrected chi connectivity index (χ1v) is 5.59. The molecule has 0 amide bonds. The molecule has 2 atom stereocenters. The Hall–Kier alpha value is -0.0800. The van der Waals surface area contributed by atoms with Gasteiger partial charge in [0.05, 0.1) is 0 Å².